The predicted molar refractivity (Wildman–Crippen MR) is 120 cm³/mol. The van der Waals surface area contributed by atoms with Gasteiger partial charge in [0.1, 0.15) is 4.83 Å². The van der Waals surface area contributed by atoms with Gasteiger partial charge >= 0.3 is 5.69 Å². The lowest BCUT2D eigenvalue weighted by molar-refractivity contribution is 0.0983. The number of hydrogen-bond donors (Lipinski definition) is 0. The molecule has 4 aromatic rings. The van der Waals surface area contributed by atoms with E-state index in [1.54, 1.807) is 6.20 Å². The molecule has 0 unspecified atom stereocenters. The van der Waals surface area contributed by atoms with Crippen molar-refractivity contribution < 1.29 is 4.79 Å². The SMILES string of the molecule is O=C(CCCCc1ccccc1)c1cn2c(=O)n(Cc3ccccc3)c(=O)cc2s1. The maximum absolute atomic E-state index is 12.8. The summed E-state index contributed by atoms with van der Waals surface area (Å²) >= 11 is 1.20. The first-order valence-corrected chi connectivity index (χ1v) is 10.8. The summed E-state index contributed by atoms with van der Waals surface area (Å²) in [5, 5.41) is 0. The van der Waals surface area contributed by atoms with Gasteiger partial charge in [-0.2, -0.15) is 0 Å². The van der Waals surface area contributed by atoms with Crippen molar-refractivity contribution >= 4 is 22.0 Å². The van der Waals surface area contributed by atoms with Gasteiger partial charge in [0.05, 0.1) is 11.4 Å². The van der Waals surface area contributed by atoms with Crippen molar-refractivity contribution in [3.8, 4) is 0 Å². The number of ketones is 1. The van der Waals surface area contributed by atoms with Crippen molar-refractivity contribution in [1.29, 1.82) is 0 Å². The van der Waals surface area contributed by atoms with Crippen LogP contribution in [-0.2, 0) is 13.0 Å². The number of rotatable bonds is 8. The molecule has 0 saturated carbocycles. The highest BCUT2D eigenvalue weighted by molar-refractivity contribution is 7.19. The molecule has 0 radical (unpaired) electrons. The van der Waals surface area contributed by atoms with Crippen LogP contribution in [0, 0.1) is 0 Å². The number of aryl methyl sites for hydroxylation is 1. The molecule has 6 heteroatoms. The zero-order valence-corrected chi connectivity index (χ0v) is 17.3. The highest BCUT2D eigenvalue weighted by Gasteiger charge is 2.14. The molecule has 0 saturated heterocycles. The van der Waals surface area contributed by atoms with Crippen LogP contribution in [0.2, 0.25) is 0 Å². The first kappa shape index (κ1) is 20.0. The van der Waals surface area contributed by atoms with E-state index in [1.807, 2.05) is 48.5 Å². The number of carbonyl (C=O) groups is 1. The molecular weight excluding hydrogens is 396 g/mol. The fourth-order valence-electron chi connectivity index (χ4n) is 3.45. The Kier molecular flexibility index (Phi) is 6.05. The number of aromatic nitrogens is 2. The number of fused-ring (bicyclic) bond motifs is 1. The van der Waals surface area contributed by atoms with Gasteiger partial charge in [0, 0.05) is 18.7 Å². The van der Waals surface area contributed by atoms with Crippen LogP contribution in [0.25, 0.3) is 4.83 Å². The van der Waals surface area contributed by atoms with E-state index in [-0.39, 0.29) is 17.9 Å². The number of nitrogens with zero attached hydrogens (tertiary/aromatic N) is 2. The van der Waals surface area contributed by atoms with Gasteiger partial charge in [-0.15, -0.1) is 11.3 Å². The zero-order chi connectivity index (χ0) is 20.9. The maximum Gasteiger partial charge on any atom is 0.336 e. The third kappa shape index (κ3) is 4.49. The average Bonchev–Trinajstić information content (AvgIpc) is 3.20. The molecule has 0 aliphatic heterocycles. The summed E-state index contributed by atoms with van der Waals surface area (Å²) in [6.45, 7) is 0.208. The molecule has 2 aromatic carbocycles. The Bertz CT molecular complexity index is 1270. The van der Waals surface area contributed by atoms with Crippen LogP contribution in [-0.4, -0.2) is 14.8 Å². The summed E-state index contributed by atoms with van der Waals surface area (Å²) < 4.78 is 2.61. The van der Waals surface area contributed by atoms with E-state index in [0.717, 1.165) is 24.8 Å². The van der Waals surface area contributed by atoms with E-state index < -0.39 is 5.69 Å². The van der Waals surface area contributed by atoms with Crippen molar-refractivity contribution in [2.24, 2.45) is 0 Å². The van der Waals surface area contributed by atoms with E-state index in [4.69, 9.17) is 0 Å². The highest BCUT2D eigenvalue weighted by Crippen LogP contribution is 2.18. The number of carbonyl (C=O) groups excluding carboxylic acids is 1. The molecule has 0 atom stereocenters. The topological polar surface area (TPSA) is 60.5 Å². The monoisotopic (exact) mass is 418 g/mol. The lowest BCUT2D eigenvalue weighted by atomic mass is 10.1. The third-order valence-corrected chi connectivity index (χ3v) is 6.15. The van der Waals surface area contributed by atoms with E-state index in [0.29, 0.717) is 16.1 Å². The van der Waals surface area contributed by atoms with E-state index in [2.05, 4.69) is 12.1 Å². The van der Waals surface area contributed by atoms with Gasteiger partial charge in [-0.1, -0.05) is 60.7 Å². The Morgan fingerprint density at radius 1 is 0.867 bits per heavy atom. The molecule has 0 amide bonds. The second-order valence-electron chi connectivity index (χ2n) is 7.26. The predicted octanol–water partition coefficient (Wildman–Crippen LogP) is 4.17. The molecule has 0 fully saturated rings. The summed E-state index contributed by atoms with van der Waals surface area (Å²) in [5.41, 5.74) is 1.37. The zero-order valence-electron chi connectivity index (χ0n) is 16.5. The smallest absolute Gasteiger partial charge is 0.293 e. The molecule has 30 heavy (non-hydrogen) atoms. The minimum absolute atomic E-state index is 0.0122. The second-order valence-corrected chi connectivity index (χ2v) is 8.32. The lowest BCUT2D eigenvalue weighted by Crippen LogP contribution is -2.36. The standard InChI is InChI=1S/C24H22N2O3S/c27-20(14-8-7-11-18-9-3-1-4-10-18)21-17-26-23(30-21)15-22(28)25(24(26)29)16-19-12-5-2-6-13-19/h1-6,9-10,12-13,15,17H,7-8,11,14,16H2. The van der Waals surface area contributed by atoms with Gasteiger partial charge in [-0.05, 0) is 30.4 Å². The average molecular weight is 419 g/mol. The molecule has 0 aliphatic carbocycles. The summed E-state index contributed by atoms with van der Waals surface area (Å²) in [5.74, 6) is 0.0122. The third-order valence-electron chi connectivity index (χ3n) is 5.07. The molecule has 4 rings (SSSR count). The first-order valence-electron chi connectivity index (χ1n) is 9.99. The number of Topliss-reactive ketones (excluding diaryl/α,β-unsaturated/α-hetero) is 1. The number of benzene rings is 2. The molecule has 5 nitrogen and oxygen atoms in total. The summed E-state index contributed by atoms with van der Waals surface area (Å²) in [6.07, 6.45) is 4.67. The van der Waals surface area contributed by atoms with Gasteiger partial charge in [0.15, 0.2) is 5.78 Å². The molecule has 2 heterocycles. The molecule has 0 N–H and O–H groups in total. The van der Waals surface area contributed by atoms with Crippen molar-refractivity contribution in [3.63, 3.8) is 0 Å². The summed E-state index contributed by atoms with van der Waals surface area (Å²) in [6, 6.07) is 21.0. The summed E-state index contributed by atoms with van der Waals surface area (Å²) in [4.78, 5) is 38.9. The van der Waals surface area contributed by atoms with Crippen molar-refractivity contribution in [2.75, 3.05) is 0 Å². The van der Waals surface area contributed by atoms with Crippen LogP contribution in [0.15, 0.2) is 82.5 Å². The number of unbranched alkanes of at least 4 members (excludes halogenated alkanes) is 1. The van der Waals surface area contributed by atoms with Crippen molar-refractivity contribution in [1.82, 2.24) is 8.97 Å². The molecule has 0 aliphatic rings. The van der Waals surface area contributed by atoms with Crippen LogP contribution in [0.3, 0.4) is 0 Å². The van der Waals surface area contributed by atoms with Gasteiger partial charge < -0.3 is 0 Å². The highest BCUT2D eigenvalue weighted by atomic mass is 32.1. The number of thiazole rings is 1. The Morgan fingerprint density at radius 2 is 1.53 bits per heavy atom. The Labute approximate surface area is 177 Å². The second kappa shape index (κ2) is 9.05. The van der Waals surface area contributed by atoms with Crippen LogP contribution in [0.1, 0.15) is 40.1 Å². The fourth-order valence-corrected chi connectivity index (χ4v) is 4.44. The molecule has 152 valence electrons. The fraction of sp³-hybridized carbons (Fsp3) is 0.208. The Hall–Kier alpha value is -3.25. The number of hydrogen-bond acceptors (Lipinski definition) is 4. The van der Waals surface area contributed by atoms with Gasteiger partial charge in [0.2, 0.25) is 0 Å². The minimum atomic E-state index is -0.416. The largest absolute Gasteiger partial charge is 0.336 e. The van der Waals surface area contributed by atoms with E-state index in [9.17, 15) is 14.4 Å². The molecular formula is C24H22N2O3S. The lowest BCUT2D eigenvalue weighted by Gasteiger charge is -2.05. The van der Waals surface area contributed by atoms with Gasteiger partial charge in [-0.25, -0.2) is 4.79 Å². The van der Waals surface area contributed by atoms with Crippen LogP contribution in [0.4, 0.5) is 0 Å². The summed E-state index contributed by atoms with van der Waals surface area (Å²) in [7, 11) is 0. The van der Waals surface area contributed by atoms with Crippen LogP contribution >= 0.6 is 11.3 Å². The maximum atomic E-state index is 12.8. The van der Waals surface area contributed by atoms with E-state index in [1.165, 1.54) is 31.9 Å². The van der Waals surface area contributed by atoms with E-state index >= 15 is 0 Å². The first-order chi connectivity index (χ1) is 14.6. The molecule has 0 bridgehead atoms. The van der Waals surface area contributed by atoms with Gasteiger partial charge in [-0.3, -0.25) is 18.6 Å². The van der Waals surface area contributed by atoms with Gasteiger partial charge in [0.25, 0.3) is 5.56 Å². The van der Waals surface area contributed by atoms with Crippen molar-refractivity contribution in [3.05, 3.63) is 110 Å². The quantitative estimate of drug-likeness (QED) is 0.319. The molecule has 2 aromatic heterocycles. The van der Waals surface area contributed by atoms with Crippen LogP contribution < -0.4 is 11.2 Å². The Balaban J connectivity index is 1.47. The van der Waals surface area contributed by atoms with Crippen LogP contribution in [0.5, 0.6) is 0 Å². The molecule has 0 spiro atoms. The minimum Gasteiger partial charge on any atom is -0.293 e. The Morgan fingerprint density at radius 3 is 2.23 bits per heavy atom. The normalized spacial score (nSPS) is 11.1. The van der Waals surface area contributed by atoms with Crippen molar-refractivity contribution in [2.45, 2.75) is 32.2 Å².